The van der Waals surface area contributed by atoms with Crippen LogP contribution in [0.25, 0.3) is 0 Å². The van der Waals surface area contributed by atoms with Crippen molar-refractivity contribution in [3.05, 3.63) is 59.8 Å². The third kappa shape index (κ3) is 5.23. The Morgan fingerprint density at radius 2 is 1.86 bits per heavy atom. The quantitative estimate of drug-likeness (QED) is 0.571. The average molecular weight is 381 g/mol. The predicted molar refractivity (Wildman–Crippen MR) is 117 cm³/mol. The third-order valence-corrected chi connectivity index (χ3v) is 5.19. The summed E-state index contributed by atoms with van der Waals surface area (Å²) in [5, 5.41) is 6.96. The van der Waals surface area contributed by atoms with Crippen LogP contribution in [0.5, 0.6) is 0 Å². The van der Waals surface area contributed by atoms with Gasteiger partial charge >= 0.3 is 0 Å². The number of likely N-dealkylation sites (tertiary alicyclic amines) is 1. The van der Waals surface area contributed by atoms with Crippen molar-refractivity contribution >= 4 is 11.8 Å². The smallest absolute Gasteiger partial charge is 0.191 e. The number of guanidine groups is 1. The van der Waals surface area contributed by atoms with E-state index in [1.54, 1.807) is 0 Å². The highest BCUT2D eigenvalue weighted by molar-refractivity contribution is 5.79. The fraction of sp³-hybridized carbons (Fsp3) is 0.455. The van der Waals surface area contributed by atoms with Crippen LogP contribution < -0.4 is 15.5 Å². The molecule has 0 amide bonds. The summed E-state index contributed by atoms with van der Waals surface area (Å²) in [5.74, 6) is 1.79. The Balaban J connectivity index is 1.62. The van der Waals surface area contributed by atoms with Crippen molar-refractivity contribution in [3.63, 3.8) is 0 Å². The van der Waals surface area contributed by atoms with E-state index in [9.17, 15) is 0 Å². The van der Waals surface area contributed by atoms with Crippen LogP contribution in [-0.4, -0.2) is 56.6 Å². The van der Waals surface area contributed by atoms with E-state index in [0.717, 1.165) is 37.0 Å². The van der Waals surface area contributed by atoms with E-state index in [1.165, 1.54) is 18.4 Å². The van der Waals surface area contributed by atoms with E-state index in [-0.39, 0.29) is 0 Å². The van der Waals surface area contributed by atoms with Crippen LogP contribution in [0.1, 0.15) is 30.0 Å². The maximum Gasteiger partial charge on any atom is 0.191 e. The summed E-state index contributed by atoms with van der Waals surface area (Å²) in [4.78, 5) is 13.5. The van der Waals surface area contributed by atoms with Gasteiger partial charge in [-0.05, 0) is 37.6 Å². The molecule has 1 saturated heterocycles. The molecule has 0 saturated carbocycles. The van der Waals surface area contributed by atoms with Crippen LogP contribution in [0, 0.1) is 0 Å². The van der Waals surface area contributed by atoms with Gasteiger partial charge in [0, 0.05) is 46.0 Å². The second-order valence-electron chi connectivity index (χ2n) is 7.36. The van der Waals surface area contributed by atoms with Crippen molar-refractivity contribution in [2.45, 2.75) is 25.4 Å². The van der Waals surface area contributed by atoms with Crippen LogP contribution in [0.15, 0.2) is 53.7 Å². The monoisotopic (exact) mass is 380 g/mol. The van der Waals surface area contributed by atoms with Crippen molar-refractivity contribution in [2.75, 3.05) is 45.7 Å². The molecule has 1 fully saturated rings. The first-order chi connectivity index (χ1) is 13.7. The van der Waals surface area contributed by atoms with Gasteiger partial charge in [-0.15, -0.1) is 0 Å². The molecular weight excluding hydrogens is 348 g/mol. The van der Waals surface area contributed by atoms with Gasteiger partial charge in [-0.2, -0.15) is 0 Å². The molecule has 1 aromatic heterocycles. The first kappa shape index (κ1) is 20.1. The second-order valence-corrected chi connectivity index (χ2v) is 7.36. The van der Waals surface area contributed by atoms with Crippen molar-refractivity contribution < 1.29 is 0 Å². The first-order valence-electron chi connectivity index (χ1n) is 10.0. The summed E-state index contributed by atoms with van der Waals surface area (Å²) < 4.78 is 0. The Kier molecular flexibility index (Phi) is 7.25. The van der Waals surface area contributed by atoms with Crippen LogP contribution >= 0.6 is 0 Å². The van der Waals surface area contributed by atoms with Crippen molar-refractivity contribution in [3.8, 4) is 0 Å². The number of hydrogen-bond acceptors (Lipinski definition) is 4. The van der Waals surface area contributed by atoms with E-state index in [2.05, 4.69) is 61.9 Å². The lowest BCUT2D eigenvalue weighted by molar-refractivity contribution is 0.245. The third-order valence-electron chi connectivity index (χ3n) is 5.19. The topological polar surface area (TPSA) is 55.8 Å². The molecule has 2 heterocycles. The molecule has 150 valence electrons. The zero-order valence-corrected chi connectivity index (χ0v) is 17.2. The number of nitrogens with one attached hydrogen (secondary N) is 2. The Bertz CT molecular complexity index is 753. The molecule has 0 aliphatic carbocycles. The average Bonchev–Trinajstić information content (AvgIpc) is 3.26. The standard InChI is InChI=1S/C22H32N6/c1-23-22(25-16-19-12-9-13-24-21(19)27(2)3)26-17-20(28-14-7-8-15-28)18-10-5-4-6-11-18/h4-6,9-13,20H,7-8,14-17H2,1-3H3,(H2,23,25,26). The van der Waals surface area contributed by atoms with E-state index in [1.807, 2.05) is 38.3 Å². The molecule has 0 radical (unpaired) electrons. The lowest BCUT2D eigenvalue weighted by Crippen LogP contribution is -2.42. The molecule has 1 atom stereocenters. The van der Waals surface area contributed by atoms with Gasteiger partial charge < -0.3 is 15.5 Å². The highest BCUT2D eigenvalue weighted by Crippen LogP contribution is 2.24. The summed E-state index contributed by atoms with van der Waals surface area (Å²) in [6.45, 7) is 3.84. The zero-order valence-electron chi connectivity index (χ0n) is 17.2. The van der Waals surface area contributed by atoms with Crippen LogP contribution in [0.4, 0.5) is 5.82 Å². The Hall–Kier alpha value is -2.60. The van der Waals surface area contributed by atoms with Gasteiger partial charge in [0.2, 0.25) is 0 Å². The van der Waals surface area contributed by atoms with Gasteiger partial charge in [-0.3, -0.25) is 9.89 Å². The zero-order chi connectivity index (χ0) is 19.8. The first-order valence-corrected chi connectivity index (χ1v) is 10.0. The van der Waals surface area contributed by atoms with E-state index < -0.39 is 0 Å². The summed E-state index contributed by atoms with van der Waals surface area (Å²) in [5.41, 5.74) is 2.50. The number of anilines is 1. The van der Waals surface area contributed by atoms with E-state index >= 15 is 0 Å². The number of aromatic nitrogens is 1. The number of rotatable bonds is 7. The second kappa shape index (κ2) is 10.1. The van der Waals surface area contributed by atoms with Gasteiger partial charge in [0.1, 0.15) is 5.82 Å². The highest BCUT2D eigenvalue weighted by Gasteiger charge is 2.23. The number of hydrogen-bond donors (Lipinski definition) is 2. The van der Waals surface area contributed by atoms with Crippen LogP contribution in [-0.2, 0) is 6.54 Å². The molecule has 6 nitrogen and oxygen atoms in total. The molecule has 2 aromatic rings. The summed E-state index contributed by atoms with van der Waals surface area (Å²) in [6.07, 6.45) is 4.39. The van der Waals surface area contributed by atoms with Gasteiger partial charge in [0.05, 0.1) is 6.04 Å². The van der Waals surface area contributed by atoms with Crippen LogP contribution in [0.3, 0.4) is 0 Å². The molecular formula is C22H32N6. The van der Waals surface area contributed by atoms with Crippen molar-refractivity contribution in [1.29, 1.82) is 0 Å². The summed E-state index contributed by atoms with van der Waals surface area (Å²) in [6, 6.07) is 15.2. The van der Waals surface area contributed by atoms with Crippen molar-refractivity contribution in [2.24, 2.45) is 4.99 Å². The molecule has 2 N–H and O–H groups in total. The van der Waals surface area contributed by atoms with E-state index in [4.69, 9.17) is 0 Å². The number of benzene rings is 1. The Morgan fingerprint density at radius 1 is 1.11 bits per heavy atom. The Morgan fingerprint density at radius 3 is 2.54 bits per heavy atom. The fourth-order valence-electron chi connectivity index (χ4n) is 3.75. The van der Waals surface area contributed by atoms with Gasteiger partial charge in [0.15, 0.2) is 5.96 Å². The molecule has 1 aliphatic heterocycles. The minimum absolute atomic E-state index is 0.359. The summed E-state index contributed by atoms with van der Waals surface area (Å²) in [7, 11) is 5.84. The lowest BCUT2D eigenvalue weighted by atomic mass is 10.1. The Labute approximate surface area is 168 Å². The molecule has 1 unspecified atom stereocenters. The largest absolute Gasteiger partial charge is 0.362 e. The van der Waals surface area contributed by atoms with Gasteiger partial charge in [-0.1, -0.05) is 36.4 Å². The molecule has 1 aromatic carbocycles. The minimum Gasteiger partial charge on any atom is -0.362 e. The SMILES string of the molecule is CN=C(NCc1cccnc1N(C)C)NCC(c1ccccc1)N1CCCC1. The molecule has 28 heavy (non-hydrogen) atoms. The van der Waals surface area contributed by atoms with Gasteiger partial charge in [0.25, 0.3) is 0 Å². The molecule has 6 heteroatoms. The molecule has 0 spiro atoms. The molecule has 3 rings (SSSR count). The minimum atomic E-state index is 0.359. The maximum atomic E-state index is 4.47. The lowest BCUT2D eigenvalue weighted by Gasteiger charge is -2.29. The van der Waals surface area contributed by atoms with Crippen molar-refractivity contribution in [1.82, 2.24) is 20.5 Å². The summed E-state index contributed by atoms with van der Waals surface area (Å²) >= 11 is 0. The number of nitrogens with zero attached hydrogens (tertiary/aromatic N) is 4. The van der Waals surface area contributed by atoms with Gasteiger partial charge in [-0.25, -0.2) is 4.98 Å². The maximum absolute atomic E-state index is 4.47. The number of aliphatic imine (C=N–C) groups is 1. The molecule has 1 aliphatic rings. The van der Waals surface area contributed by atoms with Crippen LogP contribution in [0.2, 0.25) is 0 Å². The normalized spacial score (nSPS) is 16.0. The predicted octanol–water partition coefficient (Wildman–Crippen LogP) is 2.65. The fourth-order valence-corrected chi connectivity index (χ4v) is 3.75. The van der Waals surface area contributed by atoms with E-state index in [0.29, 0.717) is 12.6 Å². The molecule has 0 bridgehead atoms. The number of pyridine rings is 1. The highest BCUT2D eigenvalue weighted by atomic mass is 15.2.